The number of anilines is 1. The Labute approximate surface area is 92.2 Å². The molecule has 0 saturated carbocycles. The van der Waals surface area contributed by atoms with Gasteiger partial charge in [0.15, 0.2) is 0 Å². The van der Waals surface area contributed by atoms with Crippen LogP contribution in [-0.2, 0) is 11.2 Å². The maximum Gasteiger partial charge on any atom is 0.307 e. The van der Waals surface area contributed by atoms with Gasteiger partial charge in [-0.2, -0.15) is 0 Å². The highest BCUT2D eigenvalue weighted by molar-refractivity contribution is 9.10. The van der Waals surface area contributed by atoms with Gasteiger partial charge in [-0.3, -0.25) is 4.79 Å². The van der Waals surface area contributed by atoms with Crippen LogP contribution in [0.3, 0.4) is 0 Å². The van der Waals surface area contributed by atoms with Crippen LogP contribution in [0.15, 0.2) is 10.8 Å². The summed E-state index contributed by atoms with van der Waals surface area (Å²) in [5, 5.41) is 8.55. The number of pyridine rings is 1. The average molecular weight is 281 g/mol. The first-order valence-electron chi connectivity index (χ1n) is 3.86. The van der Waals surface area contributed by atoms with Gasteiger partial charge in [0.05, 0.1) is 23.9 Å². The van der Waals surface area contributed by atoms with Crippen molar-refractivity contribution in [1.82, 2.24) is 4.98 Å². The molecule has 82 valence electrons. The number of nitrogens with zero attached hydrogens (tertiary/aromatic N) is 1. The summed E-state index contributed by atoms with van der Waals surface area (Å²) in [5.41, 5.74) is 4.79. The number of aromatic nitrogens is 1. The van der Waals surface area contributed by atoms with Crippen molar-refractivity contribution < 1.29 is 18.7 Å². The van der Waals surface area contributed by atoms with Crippen LogP contribution in [0.5, 0.6) is 0 Å². The molecule has 0 amide bonds. The SMILES string of the molecule is Nc1cnc(Br)c(C(F)F)c1CC(=O)O. The van der Waals surface area contributed by atoms with E-state index in [0.717, 1.165) is 6.20 Å². The van der Waals surface area contributed by atoms with E-state index in [-0.39, 0.29) is 15.9 Å². The lowest BCUT2D eigenvalue weighted by Gasteiger charge is -2.10. The summed E-state index contributed by atoms with van der Waals surface area (Å²) in [6.45, 7) is 0. The normalized spacial score (nSPS) is 10.7. The highest BCUT2D eigenvalue weighted by Gasteiger charge is 2.21. The minimum atomic E-state index is -2.82. The molecule has 1 aromatic heterocycles. The molecule has 0 spiro atoms. The van der Waals surface area contributed by atoms with Crippen molar-refractivity contribution in [3.8, 4) is 0 Å². The lowest BCUT2D eigenvalue weighted by atomic mass is 10.1. The van der Waals surface area contributed by atoms with E-state index in [1.807, 2.05) is 0 Å². The van der Waals surface area contributed by atoms with Crippen molar-refractivity contribution in [2.45, 2.75) is 12.8 Å². The minimum Gasteiger partial charge on any atom is -0.481 e. The highest BCUT2D eigenvalue weighted by Crippen LogP contribution is 2.32. The summed E-state index contributed by atoms with van der Waals surface area (Å²) >= 11 is 2.83. The molecule has 1 heterocycles. The molecule has 0 atom stereocenters. The number of rotatable bonds is 3. The molecule has 0 fully saturated rings. The Kier molecular flexibility index (Phi) is 3.57. The first-order chi connectivity index (χ1) is 6.93. The molecular formula is C8H7BrF2N2O2. The minimum absolute atomic E-state index is 0.0455. The Morgan fingerprint density at radius 3 is 2.73 bits per heavy atom. The fourth-order valence-electron chi connectivity index (χ4n) is 1.12. The Morgan fingerprint density at radius 2 is 2.27 bits per heavy atom. The maximum atomic E-state index is 12.6. The standard InChI is InChI=1S/C8H7BrF2N2O2/c9-7-6(8(10)11)3(1-5(14)15)4(12)2-13-7/h2,8H,1,12H2,(H,14,15). The molecule has 1 rings (SSSR count). The van der Waals surface area contributed by atoms with Crippen LogP contribution in [0.4, 0.5) is 14.5 Å². The summed E-state index contributed by atoms with van der Waals surface area (Å²) in [7, 11) is 0. The van der Waals surface area contributed by atoms with E-state index in [1.165, 1.54) is 0 Å². The van der Waals surface area contributed by atoms with Gasteiger partial charge in [-0.15, -0.1) is 0 Å². The van der Waals surface area contributed by atoms with Crippen LogP contribution < -0.4 is 5.73 Å². The summed E-state index contributed by atoms with van der Waals surface area (Å²) in [6.07, 6.45) is -2.22. The van der Waals surface area contributed by atoms with E-state index in [0.29, 0.717) is 0 Å². The molecule has 1 aromatic rings. The van der Waals surface area contributed by atoms with Crippen molar-refractivity contribution in [1.29, 1.82) is 0 Å². The van der Waals surface area contributed by atoms with Crippen LogP contribution in [0.1, 0.15) is 17.6 Å². The second-order valence-electron chi connectivity index (χ2n) is 2.77. The molecule has 0 aliphatic heterocycles. The summed E-state index contributed by atoms with van der Waals surface area (Å²) in [6, 6.07) is 0. The molecule has 15 heavy (non-hydrogen) atoms. The van der Waals surface area contributed by atoms with Crippen LogP contribution in [-0.4, -0.2) is 16.1 Å². The number of halogens is 3. The van der Waals surface area contributed by atoms with Gasteiger partial charge in [0.25, 0.3) is 6.43 Å². The number of carboxylic acids is 1. The Bertz CT molecular complexity index is 398. The van der Waals surface area contributed by atoms with Gasteiger partial charge >= 0.3 is 5.97 Å². The summed E-state index contributed by atoms with van der Waals surface area (Å²) < 4.78 is 25.1. The molecule has 0 unspecified atom stereocenters. The van der Waals surface area contributed by atoms with Crippen LogP contribution >= 0.6 is 15.9 Å². The van der Waals surface area contributed by atoms with Gasteiger partial charge in [-0.05, 0) is 21.5 Å². The molecule has 0 aliphatic carbocycles. The van der Waals surface area contributed by atoms with Gasteiger partial charge in [0.1, 0.15) is 4.60 Å². The van der Waals surface area contributed by atoms with Gasteiger partial charge < -0.3 is 10.8 Å². The third kappa shape index (κ3) is 2.62. The van der Waals surface area contributed by atoms with Crippen molar-refractivity contribution in [2.24, 2.45) is 0 Å². The first kappa shape index (κ1) is 11.8. The third-order valence-corrected chi connectivity index (χ3v) is 2.39. The highest BCUT2D eigenvalue weighted by atomic mass is 79.9. The van der Waals surface area contributed by atoms with E-state index in [2.05, 4.69) is 20.9 Å². The largest absolute Gasteiger partial charge is 0.481 e. The zero-order valence-corrected chi connectivity index (χ0v) is 8.96. The van der Waals surface area contributed by atoms with Gasteiger partial charge in [0, 0.05) is 0 Å². The van der Waals surface area contributed by atoms with E-state index in [4.69, 9.17) is 10.8 Å². The number of aliphatic carboxylic acids is 1. The topological polar surface area (TPSA) is 76.2 Å². The molecule has 0 radical (unpaired) electrons. The monoisotopic (exact) mass is 280 g/mol. The zero-order valence-electron chi connectivity index (χ0n) is 7.38. The lowest BCUT2D eigenvalue weighted by molar-refractivity contribution is -0.136. The number of nitrogens with two attached hydrogens (primary N) is 1. The van der Waals surface area contributed by atoms with Crippen molar-refractivity contribution >= 4 is 27.6 Å². The predicted molar refractivity (Wildman–Crippen MR) is 52.6 cm³/mol. The third-order valence-electron chi connectivity index (χ3n) is 1.76. The van der Waals surface area contributed by atoms with Crippen molar-refractivity contribution in [3.05, 3.63) is 21.9 Å². The maximum absolute atomic E-state index is 12.6. The van der Waals surface area contributed by atoms with Crippen LogP contribution in [0, 0.1) is 0 Å². The molecule has 3 N–H and O–H groups in total. The number of nitrogen functional groups attached to an aromatic ring is 1. The van der Waals surface area contributed by atoms with Crippen LogP contribution in [0.25, 0.3) is 0 Å². The lowest BCUT2D eigenvalue weighted by Crippen LogP contribution is -2.09. The van der Waals surface area contributed by atoms with Crippen molar-refractivity contribution in [2.75, 3.05) is 5.73 Å². The molecule has 0 saturated heterocycles. The van der Waals surface area contributed by atoms with Gasteiger partial charge in [0.2, 0.25) is 0 Å². The molecular weight excluding hydrogens is 274 g/mol. The average Bonchev–Trinajstić information content (AvgIpc) is 2.10. The second kappa shape index (κ2) is 4.52. The van der Waals surface area contributed by atoms with Crippen LogP contribution in [0.2, 0.25) is 0 Å². The number of alkyl halides is 2. The number of hydrogen-bond donors (Lipinski definition) is 2. The molecule has 7 heteroatoms. The quantitative estimate of drug-likeness (QED) is 0.831. The van der Waals surface area contributed by atoms with Gasteiger partial charge in [-0.25, -0.2) is 13.8 Å². The van der Waals surface area contributed by atoms with E-state index < -0.39 is 24.4 Å². The molecule has 0 aromatic carbocycles. The molecule has 0 bridgehead atoms. The number of carboxylic acid groups (broad SMARTS) is 1. The fraction of sp³-hybridized carbons (Fsp3) is 0.250. The van der Waals surface area contributed by atoms with Gasteiger partial charge in [-0.1, -0.05) is 0 Å². The Hall–Kier alpha value is -1.24. The summed E-state index contributed by atoms with van der Waals surface area (Å²) in [4.78, 5) is 14.1. The number of hydrogen-bond acceptors (Lipinski definition) is 3. The van der Waals surface area contributed by atoms with E-state index >= 15 is 0 Å². The van der Waals surface area contributed by atoms with E-state index in [1.54, 1.807) is 0 Å². The summed E-state index contributed by atoms with van der Waals surface area (Å²) in [5.74, 6) is -1.22. The zero-order chi connectivity index (χ0) is 11.6. The molecule has 0 aliphatic rings. The molecule has 4 nitrogen and oxygen atoms in total. The van der Waals surface area contributed by atoms with E-state index in [9.17, 15) is 13.6 Å². The Balaban J connectivity index is 3.31. The Morgan fingerprint density at radius 1 is 1.67 bits per heavy atom. The smallest absolute Gasteiger partial charge is 0.307 e. The van der Waals surface area contributed by atoms with Crippen molar-refractivity contribution in [3.63, 3.8) is 0 Å². The first-order valence-corrected chi connectivity index (χ1v) is 4.65. The predicted octanol–water partition coefficient (Wildman–Crippen LogP) is 1.99. The number of carbonyl (C=O) groups is 1. The second-order valence-corrected chi connectivity index (χ2v) is 3.52. The fourth-order valence-corrected chi connectivity index (χ4v) is 1.64.